The Morgan fingerprint density at radius 1 is 0.895 bits per heavy atom. The van der Waals surface area contributed by atoms with E-state index in [-0.39, 0.29) is 0 Å². The van der Waals surface area contributed by atoms with Crippen molar-refractivity contribution in [3.63, 3.8) is 0 Å². The van der Waals surface area contributed by atoms with Gasteiger partial charge in [0.1, 0.15) is 0 Å². The van der Waals surface area contributed by atoms with E-state index in [0.29, 0.717) is 15.0 Å². The van der Waals surface area contributed by atoms with Crippen LogP contribution in [0.15, 0.2) is 60.2 Å². The van der Waals surface area contributed by atoms with Crippen LogP contribution in [0.3, 0.4) is 0 Å². The Morgan fingerprint density at radius 3 is 2.26 bits per heavy atom. The van der Waals surface area contributed by atoms with Gasteiger partial charge in [0.25, 0.3) is 0 Å². The van der Waals surface area contributed by atoms with Crippen LogP contribution in [-0.4, -0.2) is 15.0 Å². The van der Waals surface area contributed by atoms with E-state index in [2.05, 4.69) is 68.4 Å². The van der Waals surface area contributed by atoms with Gasteiger partial charge >= 0.3 is 121 Å². The zero-order chi connectivity index (χ0) is 13.2. The molecule has 0 radical (unpaired) electrons. The van der Waals surface area contributed by atoms with E-state index in [1.807, 2.05) is 0 Å². The van der Waals surface area contributed by atoms with E-state index in [9.17, 15) is 0 Å². The number of aryl methyl sites for hydroxylation is 1. The number of benzene rings is 2. The molecule has 0 fully saturated rings. The Hall–Kier alpha value is -1.30. The van der Waals surface area contributed by atoms with Crippen LogP contribution >= 0.6 is 0 Å². The minimum atomic E-state index is 0.556. The van der Waals surface area contributed by atoms with Gasteiger partial charge in [0, 0.05) is 0 Å². The van der Waals surface area contributed by atoms with Crippen molar-refractivity contribution in [1.82, 2.24) is 0 Å². The molecule has 0 amide bonds. The van der Waals surface area contributed by atoms with Gasteiger partial charge in [-0.1, -0.05) is 0 Å². The molecule has 19 heavy (non-hydrogen) atoms. The first-order chi connectivity index (χ1) is 9.24. The summed E-state index contributed by atoms with van der Waals surface area (Å²) >= 11 is 0.556. The second-order valence-electron chi connectivity index (χ2n) is 5.20. The van der Waals surface area contributed by atoms with Crippen molar-refractivity contribution in [3.05, 3.63) is 76.9 Å². The first-order valence-electron chi connectivity index (χ1n) is 6.72. The third kappa shape index (κ3) is 2.68. The molecule has 2 aromatic rings. The molecule has 1 unspecified atom stereocenters. The molecule has 2 aromatic carbocycles. The van der Waals surface area contributed by atoms with Crippen LogP contribution in [0.2, 0.25) is 0 Å². The molecule has 0 saturated heterocycles. The molecule has 0 bridgehead atoms. The van der Waals surface area contributed by atoms with Crippen molar-refractivity contribution in [2.24, 2.45) is 0 Å². The Labute approximate surface area is 121 Å². The maximum absolute atomic E-state index is 2.31. The van der Waals surface area contributed by atoms with E-state index >= 15 is 0 Å². The molecule has 1 atom stereocenters. The van der Waals surface area contributed by atoms with Gasteiger partial charge in [0.15, 0.2) is 0 Å². The van der Waals surface area contributed by atoms with Crippen LogP contribution in [-0.2, 0) is 0 Å². The molecule has 0 aromatic heterocycles. The topological polar surface area (TPSA) is 0 Å². The minimum absolute atomic E-state index is 0.556. The van der Waals surface area contributed by atoms with Crippen LogP contribution in [0.5, 0.6) is 0 Å². The van der Waals surface area contributed by atoms with E-state index < -0.39 is 0 Å². The van der Waals surface area contributed by atoms with Crippen LogP contribution in [0.25, 0.3) is 4.47 Å². The summed E-state index contributed by atoms with van der Waals surface area (Å²) in [6.07, 6.45) is 1.23. The third-order valence-electron chi connectivity index (χ3n) is 3.62. The normalized spacial score (nSPS) is 18.9. The van der Waals surface area contributed by atoms with Gasteiger partial charge in [-0.15, -0.1) is 0 Å². The van der Waals surface area contributed by atoms with Gasteiger partial charge in [0.2, 0.25) is 0 Å². The van der Waals surface area contributed by atoms with Crippen molar-refractivity contribution >= 4 is 19.4 Å². The van der Waals surface area contributed by atoms with Gasteiger partial charge < -0.3 is 0 Å². The third-order valence-corrected chi connectivity index (χ3v) is 6.86. The number of hydrogen-bond donors (Lipinski definition) is 0. The van der Waals surface area contributed by atoms with Crippen molar-refractivity contribution in [3.8, 4) is 0 Å². The fraction of sp³-hybridized carbons (Fsp3) is 0.222. The summed E-state index contributed by atoms with van der Waals surface area (Å²) in [4.78, 5) is 0.727. The second-order valence-corrected chi connectivity index (χ2v) is 7.74. The molecule has 96 valence electrons. The second kappa shape index (κ2) is 5.36. The molecular weight excluding hydrogens is 295 g/mol. The molecule has 0 nitrogen and oxygen atoms in total. The van der Waals surface area contributed by atoms with Gasteiger partial charge in [-0.2, -0.15) is 0 Å². The molecule has 1 heteroatoms. The van der Waals surface area contributed by atoms with Crippen LogP contribution in [0.4, 0.5) is 0 Å². The predicted molar refractivity (Wildman–Crippen MR) is 83.3 cm³/mol. The van der Waals surface area contributed by atoms with Crippen molar-refractivity contribution < 1.29 is 0 Å². The molecule has 0 saturated carbocycles. The average Bonchev–Trinajstić information content (AvgIpc) is 2.83. The Bertz CT molecular complexity index is 593. The van der Waals surface area contributed by atoms with E-state index in [0.717, 1.165) is 4.82 Å². The Kier molecular flexibility index (Phi) is 3.59. The molecule has 1 aliphatic rings. The Balaban J connectivity index is 1.85. The zero-order valence-corrected chi connectivity index (χ0v) is 13.1. The average molecular weight is 313 g/mol. The van der Waals surface area contributed by atoms with Crippen molar-refractivity contribution in [2.45, 2.75) is 25.1 Å². The molecule has 1 aliphatic heterocycles. The van der Waals surface area contributed by atoms with Crippen LogP contribution < -0.4 is 0 Å². The van der Waals surface area contributed by atoms with Crippen molar-refractivity contribution in [2.75, 3.05) is 0 Å². The van der Waals surface area contributed by atoms with E-state index in [4.69, 9.17) is 0 Å². The molecule has 1 heterocycles. The van der Waals surface area contributed by atoms with Gasteiger partial charge in [0.05, 0.1) is 0 Å². The summed E-state index contributed by atoms with van der Waals surface area (Å²) in [5.41, 5.74) is 5.86. The van der Waals surface area contributed by atoms with E-state index in [1.54, 1.807) is 10.0 Å². The fourth-order valence-electron chi connectivity index (χ4n) is 2.53. The molecule has 0 aliphatic carbocycles. The monoisotopic (exact) mass is 314 g/mol. The summed E-state index contributed by atoms with van der Waals surface area (Å²) in [7, 11) is 0. The van der Waals surface area contributed by atoms with Crippen LogP contribution in [0, 0.1) is 6.92 Å². The SMILES string of the molecule is CC1=C(c2ccc(C)cc2)[Se]C(c2ccccc2)C1. The first kappa shape index (κ1) is 12.7. The van der Waals surface area contributed by atoms with Gasteiger partial charge in [-0.3, -0.25) is 0 Å². The van der Waals surface area contributed by atoms with Gasteiger partial charge in [-0.05, 0) is 0 Å². The van der Waals surface area contributed by atoms with E-state index in [1.165, 1.54) is 23.1 Å². The molecule has 0 N–H and O–H groups in total. The number of hydrogen-bond acceptors (Lipinski definition) is 0. The van der Waals surface area contributed by atoms with Crippen molar-refractivity contribution in [1.29, 1.82) is 0 Å². The summed E-state index contributed by atoms with van der Waals surface area (Å²) < 4.78 is 1.61. The zero-order valence-electron chi connectivity index (χ0n) is 11.4. The summed E-state index contributed by atoms with van der Waals surface area (Å²) in [5.74, 6) is 0. The van der Waals surface area contributed by atoms with Gasteiger partial charge in [-0.25, -0.2) is 0 Å². The summed E-state index contributed by atoms with van der Waals surface area (Å²) in [6.45, 7) is 4.46. The fourth-order valence-corrected chi connectivity index (χ4v) is 5.61. The summed E-state index contributed by atoms with van der Waals surface area (Å²) in [6, 6.07) is 20.0. The molecule has 3 rings (SSSR count). The summed E-state index contributed by atoms with van der Waals surface area (Å²) in [5, 5.41) is 0. The number of allylic oxidation sites excluding steroid dienone is 1. The number of rotatable bonds is 2. The molecular formula is C18H18Se. The molecule has 0 spiro atoms. The van der Waals surface area contributed by atoms with Crippen LogP contribution in [0.1, 0.15) is 34.9 Å². The standard InChI is InChI=1S/C18H18Se/c1-13-8-10-16(11-9-13)18-14(2)12-17(19-18)15-6-4-3-5-7-15/h3-11,17H,12H2,1-2H3. The quantitative estimate of drug-likeness (QED) is 0.712. The first-order valence-corrected chi connectivity index (χ1v) is 8.57. The predicted octanol–water partition coefficient (Wildman–Crippen LogP) is 4.58. The maximum atomic E-state index is 2.31. The Morgan fingerprint density at radius 2 is 1.58 bits per heavy atom.